The molecule has 0 radical (unpaired) electrons. The van der Waals surface area contributed by atoms with Crippen LogP contribution < -0.4 is 10.1 Å². The Hall–Kier alpha value is -2.21. The number of rotatable bonds is 6. The lowest BCUT2D eigenvalue weighted by Gasteiger charge is -2.31. The third-order valence-corrected chi connectivity index (χ3v) is 4.72. The van der Waals surface area contributed by atoms with Gasteiger partial charge in [-0.15, -0.1) is 0 Å². The van der Waals surface area contributed by atoms with Gasteiger partial charge in [-0.1, -0.05) is 6.07 Å². The lowest BCUT2D eigenvalue weighted by Crippen LogP contribution is -2.47. The number of nitrogens with one attached hydrogen (secondary N) is 2. The molecule has 2 heterocycles. The van der Waals surface area contributed by atoms with E-state index in [1.165, 1.54) is 0 Å². The first kappa shape index (κ1) is 17.6. The number of carbonyl (C=O) groups excluding carboxylic acids is 1. The van der Waals surface area contributed by atoms with Gasteiger partial charge in [0.1, 0.15) is 5.75 Å². The van der Waals surface area contributed by atoms with Crippen LogP contribution in [0.1, 0.15) is 25.3 Å². The molecule has 0 aliphatic carbocycles. The molecular weight excluding hydrogens is 318 g/mol. The highest BCUT2D eigenvalue weighted by atomic mass is 16.5. The Morgan fingerprint density at radius 1 is 1.44 bits per heavy atom. The molecule has 0 bridgehead atoms. The second kappa shape index (κ2) is 8.25. The number of likely N-dealkylation sites (tertiary alicyclic amines) is 1. The van der Waals surface area contributed by atoms with Gasteiger partial charge in [0.25, 0.3) is 0 Å². The molecule has 1 aromatic carbocycles. The smallest absolute Gasteiger partial charge is 0.317 e. The molecule has 0 saturated carbocycles. The number of fused-ring (bicyclic) bond motifs is 1. The van der Waals surface area contributed by atoms with Crippen LogP contribution in [-0.2, 0) is 11.2 Å². The monoisotopic (exact) mass is 345 g/mol. The van der Waals surface area contributed by atoms with Crippen LogP contribution in [0.25, 0.3) is 10.9 Å². The fourth-order valence-electron chi connectivity index (χ4n) is 3.42. The number of urea groups is 1. The highest BCUT2D eigenvalue weighted by molar-refractivity contribution is 5.89. The number of H-pyrrole nitrogens is 1. The minimum atomic E-state index is -0.00776. The number of hydrogen-bond acceptors (Lipinski definition) is 3. The predicted molar refractivity (Wildman–Crippen MR) is 98.2 cm³/mol. The quantitative estimate of drug-likeness (QED) is 0.846. The first-order valence-electron chi connectivity index (χ1n) is 9.00. The lowest BCUT2D eigenvalue weighted by atomic mass is 10.1. The lowest BCUT2D eigenvalue weighted by molar-refractivity contribution is 0.0435. The number of benzene rings is 1. The maximum atomic E-state index is 12.3. The molecule has 2 aromatic rings. The van der Waals surface area contributed by atoms with Crippen LogP contribution in [0.5, 0.6) is 5.75 Å². The Morgan fingerprint density at radius 3 is 3.12 bits per heavy atom. The third-order valence-electron chi connectivity index (χ3n) is 4.72. The van der Waals surface area contributed by atoms with Crippen LogP contribution >= 0.6 is 0 Å². The summed E-state index contributed by atoms with van der Waals surface area (Å²) in [5, 5.41) is 4.14. The van der Waals surface area contributed by atoms with E-state index in [1.807, 2.05) is 36.2 Å². The second-order valence-electron chi connectivity index (χ2n) is 6.35. The summed E-state index contributed by atoms with van der Waals surface area (Å²) in [6.45, 7) is 4.69. The SMILES string of the molecule is CCOc1cccc2[nH]cc(CCNC(=O)N3CCCC(OC)C3)c12. The summed E-state index contributed by atoms with van der Waals surface area (Å²) in [7, 11) is 1.71. The van der Waals surface area contributed by atoms with Gasteiger partial charge in [0.05, 0.1) is 12.7 Å². The minimum Gasteiger partial charge on any atom is -0.493 e. The minimum absolute atomic E-state index is 0.00776. The van der Waals surface area contributed by atoms with E-state index < -0.39 is 0 Å². The van der Waals surface area contributed by atoms with Crippen molar-refractivity contribution in [2.75, 3.05) is 33.4 Å². The van der Waals surface area contributed by atoms with Crippen molar-refractivity contribution in [3.05, 3.63) is 30.0 Å². The molecule has 6 nitrogen and oxygen atoms in total. The summed E-state index contributed by atoms with van der Waals surface area (Å²) in [6, 6.07) is 6.00. The van der Waals surface area contributed by atoms with Crippen LogP contribution in [0, 0.1) is 0 Å². The maximum Gasteiger partial charge on any atom is 0.317 e. The average molecular weight is 345 g/mol. The van der Waals surface area contributed by atoms with Crippen molar-refractivity contribution in [1.82, 2.24) is 15.2 Å². The Balaban J connectivity index is 1.59. The van der Waals surface area contributed by atoms with Crippen LogP contribution in [0.4, 0.5) is 4.79 Å². The Labute approximate surface area is 148 Å². The second-order valence-corrected chi connectivity index (χ2v) is 6.35. The van der Waals surface area contributed by atoms with Gasteiger partial charge in [0, 0.05) is 43.8 Å². The van der Waals surface area contributed by atoms with Crippen molar-refractivity contribution >= 4 is 16.9 Å². The van der Waals surface area contributed by atoms with Gasteiger partial charge in [0.2, 0.25) is 0 Å². The first-order valence-corrected chi connectivity index (χ1v) is 9.00. The van der Waals surface area contributed by atoms with Crippen molar-refractivity contribution in [2.24, 2.45) is 0 Å². The standard InChI is InChI=1S/C19H27N3O3/c1-3-25-17-8-4-7-16-18(17)14(12-21-16)9-10-20-19(23)22-11-5-6-15(13-22)24-2/h4,7-8,12,15,21H,3,5-6,9-11,13H2,1-2H3,(H,20,23). The van der Waals surface area contributed by atoms with Crippen LogP contribution in [0.3, 0.4) is 0 Å². The number of amides is 2. The normalized spacial score (nSPS) is 17.7. The van der Waals surface area contributed by atoms with Crippen molar-refractivity contribution in [2.45, 2.75) is 32.3 Å². The van der Waals surface area contributed by atoms with E-state index in [0.717, 1.165) is 48.0 Å². The number of aromatic amines is 1. The van der Waals surface area contributed by atoms with Crippen molar-refractivity contribution in [3.8, 4) is 5.75 Å². The number of piperidine rings is 1. The fourth-order valence-corrected chi connectivity index (χ4v) is 3.42. The summed E-state index contributed by atoms with van der Waals surface area (Å²) in [5.41, 5.74) is 2.22. The summed E-state index contributed by atoms with van der Waals surface area (Å²) in [6.07, 6.45) is 4.93. The van der Waals surface area contributed by atoms with Crippen molar-refractivity contribution in [1.29, 1.82) is 0 Å². The van der Waals surface area contributed by atoms with E-state index in [4.69, 9.17) is 9.47 Å². The molecule has 1 aliphatic heterocycles. The number of aromatic nitrogens is 1. The Bertz CT molecular complexity index is 713. The maximum absolute atomic E-state index is 12.3. The number of hydrogen-bond donors (Lipinski definition) is 2. The van der Waals surface area contributed by atoms with Crippen molar-refractivity contribution < 1.29 is 14.3 Å². The number of ether oxygens (including phenoxy) is 2. The molecule has 1 atom stereocenters. The highest BCUT2D eigenvalue weighted by Crippen LogP contribution is 2.29. The van der Waals surface area contributed by atoms with E-state index >= 15 is 0 Å². The molecule has 1 fully saturated rings. The Kier molecular flexibility index (Phi) is 5.81. The highest BCUT2D eigenvalue weighted by Gasteiger charge is 2.23. The molecule has 1 unspecified atom stereocenters. The summed E-state index contributed by atoms with van der Waals surface area (Å²) in [5.74, 6) is 0.890. The molecule has 2 N–H and O–H groups in total. The van der Waals surface area contributed by atoms with E-state index in [-0.39, 0.29) is 12.1 Å². The first-order chi connectivity index (χ1) is 12.2. The summed E-state index contributed by atoms with van der Waals surface area (Å²) in [4.78, 5) is 17.5. The third kappa shape index (κ3) is 4.07. The number of methoxy groups -OCH3 is 1. The predicted octanol–water partition coefficient (Wildman–Crippen LogP) is 2.93. The Morgan fingerprint density at radius 2 is 2.32 bits per heavy atom. The van der Waals surface area contributed by atoms with E-state index in [1.54, 1.807) is 7.11 Å². The topological polar surface area (TPSA) is 66.6 Å². The molecule has 136 valence electrons. The molecular formula is C19H27N3O3. The molecule has 1 aliphatic rings. The molecule has 2 amide bonds. The van der Waals surface area contributed by atoms with Gasteiger partial charge in [-0.3, -0.25) is 0 Å². The molecule has 3 rings (SSSR count). The zero-order chi connectivity index (χ0) is 17.6. The van der Waals surface area contributed by atoms with Gasteiger partial charge in [-0.25, -0.2) is 4.79 Å². The van der Waals surface area contributed by atoms with E-state index in [0.29, 0.717) is 19.7 Å². The molecule has 1 saturated heterocycles. The zero-order valence-electron chi connectivity index (χ0n) is 15.0. The number of carbonyl (C=O) groups is 1. The summed E-state index contributed by atoms with van der Waals surface area (Å²) < 4.78 is 11.1. The number of nitrogens with zero attached hydrogens (tertiary/aromatic N) is 1. The van der Waals surface area contributed by atoms with Crippen LogP contribution in [0.15, 0.2) is 24.4 Å². The van der Waals surface area contributed by atoms with Crippen LogP contribution in [0.2, 0.25) is 0 Å². The van der Waals surface area contributed by atoms with Gasteiger partial charge in [0.15, 0.2) is 0 Å². The largest absolute Gasteiger partial charge is 0.493 e. The van der Waals surface area contributed by atoms with Gasteiger partial charge in [-0.05, 0) is 43.9 Å². The molecule has 25 heavy (non-hydrogen) atoms. The van der Waals surface area contributed by atoms with Gasteiger partial charge in [-0.2, -0.15) is 0 Å². The van der Waals surface area contributed by atoms with Crippen LogP contribution in [-0.4, -0.2) is 55.4 Å². The molecule has 1 aromatic heterocycles. The summed E-state index contributed by atoms with van der Waals surface area (Å²) >= 11 is 0. The molecule has 0 spiro atoms. The molecule has 6 heteroatoms. The average Bonchev–Trinajstić information content (AvgIpc) is 3.06. The zero-order valence-corrected chi connectivity index (χ0v) is 15.0. The van der Waals surface area contributed by atoms with Gasteiger partial charge >= 0.3 is 6.03 Å². The van der Waals surface area contributed by atoms with Crippen molar-refractivity contribution in [3.63, 3.8) is 0 Å². The van der Waals surface area contributed by atoms with E-state index in [9.17, 15) is 4.79 Å². The fraction of sp³-hybridized carbons (Fsp3) is 0.526. The van der Waals surface area contributed by atoms with E-state index in [2.05, 4.69) is 10.3 Å². The van der Waals surface area contributed by atoms with Gasteiger partial charge < -0.3 is 24.7 Å².